The van der Waals surface area contributed by atoms with E-state index >= 15 is 0 Å². The first kappa shape index (κ1) is 14.8. The summed E-state index contributed by atoms with van der Waals surface area (Å²) >= 11 is 0. The molecule has 2 aromatic carbocycles. The Morgan fingerprint density at radius 3 is 2.59 bits per heavy atom. The first-order valence-corrected chi connectivity index (χ1v) is 7.70. The van der Waals surface area contributed by atoms with E-state index in [0.717, 1.165) is 30.5 Å². The van der Waals surface area contributed by atoms with Crippen LogP contribution in [0.4, 0.5) is 0 Å². The number of ether oxygens (including phenoxy) is 1. The molecule has 3 nitrogen and oxygen atoms in total. The van der Waals surface area contributed by atoms with Crippen LogP contribution in [-0.4, -0.2) is 37.7 Å². The molecule has 3 rings (SSSR count). The number of fused-ring (bicyclic) bond motifs is 1. The van der Waals surface area contributed by atoms with Crippen molar-refractivity contribution in [3.05, 3.63) is 60.2 Å². The normalized spacial score (nSPS) is 22.5. The summed E-state index contributed by atoms with van der Waals surface area (Å²) in [6.07, 6.45) is 5.35. The zero-order valence-corrected chi connectivity index (χ0v) is 13.2. The van der Waals surface area contributed by atoms with Gasteiger partial charge in [0.15, 0.2) is 0 Å². The summed E-state index contributed by atoms with van der Waals surface area (Å²) in [4.78, 5) is 12.5. The highest BCUT2D eigenvalue weighted by Crippen LogP contribution is 2.32. The lowest BCUT2D eigenvalue weighted by Crippen LogP contribution is -2.52. The average molecular weight is 296 g/mol. The number of carbonyl (C=O) groups is 1. The molecule has 0 amide bonds. The van der Waals surface area contributed by atoms with Crippen LogP contribution in [0.3, 0.4) is 0 Å². The number of rotatable bonds is 3. The second-order valence-electron chi connectivity index (χ2n) is 6.18. The Labute approximate surface area is 131 Å². The summed E-state index contributed by atoms with van der Waals surface area (Å²) in [5, 5.41) is 2.35. The fraction of sp³-hybridized carbons (Fsp3) is 0.316. The summed E-state index contributed by atoms with van der Waals surface area (Å²) in [5.41, 5.74) is 1.03. The van der Waals surface area contributed by atoms with Crippen molar-refractivity contribution >= 4 is 16.7 Å². The van der Waals surface area contributed by atoms with Crippen LogP contribution >= 0.6 is 0 Å². The van der Waals surface area contributed by atoms with E-state index in [1.165, 1.54) is 12.5 Å². The van der Waals surface area contributed by atoms with E-state index in [4.69, 9.17) is 4.74 Å². The predicted molar refractivity (Wildman–Crippen MR) is 88.4 cm³/mol. The molecule has 2 atom stereocenters. The van der Waals surface area contributed by atoms with Gasteiger partial charge in [0.25, 0.3) is 0 Å². The summed E-state index contributed by atoms with van der Waals surface area (Å²) in [6.45, 7) is 1.80. The lowest BCUT2D eigenvalue weighted by atomic mass is 9.98. The van der Waals surface area contributed by atoms with Gasteiger partial charge >= 0.3 is 5.97 Å². The van der Waals surface area contributed by atoms with Crippen molar-refractivity contribution in [3.8, 4) is 0 Å². The molecule has 2 aromatic rings. The van der Waals surface area contributed by atoms with Gasteiger partial charge in [-0.15, -0.1) is 0 Å². The van der Waals surface area contributed by atoms with Crippen LogP contribution in [0, 0.1) is 0 Å². The molecule has 1 heterocycles. The van der Waals surface area contributed by atoms with Crippen LogP contribution in [0.1, 0.15) is 18.0 Å². The highest BCUT2D eigenvalue weighted by molar-refractivity contribution is 5.85. The van der Waals surface area contributed by atoms with Crippen LogP contribution in [-0.2, 0) is 9.53 Å². The number of carbonyl (C=O) groups excluding carboxylic acids is 1. The number of esters is 1. The molecule has 0 fully saturated rings. The highest BCUT2D eigenvalue weighted by atomic mass is 16.5. The third-order valence-corrected chi connectivity index (χ3v) is 4.63. The second kappa shape index (κ2) is 5.93. The van der Waals surface area contributed by atoms with Crippen molar-refractivity contribution in [1.29, 1.82) is 0 Å². The van der Waals surface area contributed by atoms with Gasteiger partial charge in [-0.1, -0.05) is 42.5 Å². The van der Waals surface area contributed by atoms with Crippen molar-refractivity contribution in [2.24, 2.45) is 0 Å². The molecule has 2 unspecified atom stereocenters. The third kappa shape index (κ3) is 2.64. The Kier molecular flexibility index (Phi) is 3.99. The molecular formula is C19H22NO2+. The van der Waals surface area contributed by atoms with E-state index in [1.54, 1.807) is 0 Å². The van der Waals surface area contributed by atoms with Crippen molar-refractivity contribution in [1.82, 2.24) is 0 Å². The van der Waals surface area contributed by atoms with Gasteiger partial charge in [-0.2, -0.15) is 0 Å². The lowest BCUT2D eigenvalue weighted by molar-refractivity contribution is -0.926. The molecule has 0 saturated heterocycles. The average Bonchev–Trinajstić information content (AvgIpc) is 2.55. The molecule has 0 bridgehead atoms. The van der Waals surface area contributed by atoms with E-state index in [-0.39, 0.29) is 12.0 Å². The number of hydrogen-bond acceptors (Lipinski definition) is 2. The van der Waals surface area contributed by atoms with E-state index in [2.05, 4.69) is 49.5 Å². The molecule has 0 radical (unpaired) electrons. The number of quaternary nitrogens is 1. The van der Waals surface area contributed by atoms with Crippen LogP contribution in [0.5, 0.6) is 0 Å². The Morgan fingerprint density at radius 2 is 1.91 bits per heavy atom. The van der Waals surface area contributed by atoms with Crippen LogP contribution < -0.4 is 0 Å². The fourth-order valence-corrected chi connectivity index (χ4v) is 3.37. The minimum absolute atomic E-state index is 0.159. The van der Waals surface area contributed by atoms with E-state index in [0.29, 0.717) is 4.48 Å². The number of nitrogens with zero attached hydrogens (tertiary/aromatic N) is 1. The van der Waals surface area contributed by atoms with Crippen LogP contribution in [0.25, 0.3) is 10.8 Å². The first-order valence-electron chi connectivity index (χ1n) is 7.70. The zero-order chi connectivity index (χ0) is 15.6. The van der Waals surface area contributed by atoms with Gasteiger partial charge in [0.2, 0.25) is 6.04 Å². The van der Waals surface area contributed by atoms with E-state index in [1.807, 2.05) is 12.1 Å². The number of hydrogen-bond donors (Lipinski definition) is 0. The molecule has 1 aliphatic heterocycles. The summed E-state index contributed by atoms with van der Waals surface area (Å²) in [7, 11) is 3.61. The van der Waals surface area contributed by atoms with Gasteiger partial charge in [0.1, 0.15) is 0 Å². The quantitative estimate of drug-likeness (QED) is 0.492. The maximum atomic E-state index is 12.5. The molecule has 22 heavy (non-hydrogen) atoms. The SMILES string of the molecule is COC(=O)C(c1ccc2ccccc2c1)[N+]1(C)CC=CCC1. The van der Waals surface area contributed by atoms with Gasteiger partial charge in [0, 0.05) is 12.0 Å². The summed E-state index contributed by atoms with van der Waals surface area (Å²) < 4.78 is 5.79. The molecule has 114 valence electrons. The van der Waals surface area contributed by atoms with Crippen molar-refractivity contribution in [2.45, 2.75) is 12.5 Å². The van der Waals surface area contributed by atoms with Crippen molar-refractivity contribution in [3.63, 3.8) is 0 Å². The number of benzene rings is 2. The second-order valence-corrected chi connectivity index (χ2v) is 6.18. The highest BCUT2D eigenvalue weighted by Gasteiger charge is 2.40. The molecular weight excluding hydrogens is 274 g/mol. The lowest BCUT2D eigenvalue weighted by Gasteiger charge is -2.41. The van der Waals surface area contributed by atoms with Gasteiger partial charge in [-0.25, -0.2) is 4.79 Å². The largest absolute Gasteiger partial charge is 0.464 e. The zero-order valence-electron chi connectivity index (χ0n) is 13.2. The Morgan fingerprint density at radius 1 is 1.14 bits per heavy atom. The fourth-order valence-electron chi connectivity index (χ4n) is 3.37. The maximum absolute atomic E-state index is 12.5. The van der Waals surface area contributed by atoms with Crippen molar-refractivity contribution < 1.29 is 14.0 Å². The predicted octanol–water partition coefficient (Wildman–Crippen LogP) is 3.46. The van der Waals surface area contributed by atoms with Gasteiger partial charge in [0.05, 0.1) is 27.2 Å². The summed E-state index contributed by atoms with van der Waals surface area (Å²) in [6, 6.07) is 14.2. The number of methoxy groups -OCH3 is 1. The van der Waals surface area contributed by atoms with Crippen LogP contribution in [0.15, 0.2) is 54.6 Å². The molecule has 0 N–H and O–H groups in total. The molecule has 0 aromatic heterocycles. The van der Waals surface area contributed by atoms with Gasteiger partial charge in [-0.05, 0) is 22.9 Å². The minimum Gasteiger partial charge on any atom is -0.464 e. The van der Waals surface area contributed by atoms with E-state index in [9.17, 15) is 4.79 Å². The number of likely N-dealkylation sites (N-methyl/N-ethyl adjacent to an activating group) is 1. The smallest absolute Gasteiger partial charge is 0.369 e. The first-order chi connectivity index (χ1) is 10.6. The Bertz CT molecular complexity index is 722. The van der Waals surface area contributed by atoms with Crippen LogP contribution in [0.2, 0.25) is 0 Å². The molecule has 1 aliphatic rings. The topological polar surface area (TPSA) is 26.3 Å². The maximum Gasteiger partial charge on any atom is 0.369 e. The molecule has 0 saturated carbocycles. The molecule has 0 spiro atoms. The third-order valence-electron chi connectivity index (χ3n) is 4.63. The summed E-state index contributed by atoms with van der Waals surface area (Å²) in [5.74, 6) is -0.159. The molecule has 0 aliphatic carbocycles. The standard InChI is InChI=1S/C19H22NO2/c1-20(12-6-3-7-13-20)18(19(21)22-2)17-11-10-15-8-4-5-9-16(15)14-17/h3-6,8-11,14,18H,7,12-13H2,1-2H3/q+1. The van der Waals surface area contributed by atoms with E-state index < -0.39 is 0 Å². The Balaban J connectivity index is 2.07. The minimum atomic E-state index is -0.278. The molecule has 3 heteroatoms. The van der Waals surface area contributed by atoms with Gasteiger partial charge < -0.3 is 9.22 Å². The van der Waals surface area contributed by atoms with Crippen molar-refractivity contribution in [2.75, 3.05) is 27.2 Å². The Hall–Kier alpha value is -2.13. The van der Waals surface area contributed by atoms with Gasteiger partial charge in [-0.3, -0.25) is 0 Å². The monoisotopic (exact) mass is 296 g/mol.